The van der Waals surface area contributed by atoms with Crippen LogP contribution in [-0.4, -0.2) is 121 Å². The van der Waals surface area contributed by atoms with Gasteiger partial charge in [0.25, 0.3) is 17.4 Å². The summed E-state index contributed by atoms with van der Waals surface area (Å²) in [7, 11) is 6.90. The van der Waals surface area contributed by atoms with Crippen LogP contribution in [0, 0.1) is 5.92 Å². The monoisotopic (exact) mass is 790 g/mol. The third-order valence-corrected chi connectivity index (χ3v) is 12.3. The Morgan fingerprint density at radius 3 is 2.19 bits per heavy atom. The fourth-order valence-corrected chi connectivity index (χ4v) is 8.93. The van der Waals surface area contributed by atoms with Crippen molar-refractivity contribution >= 4 is 45.9 Å². The highest BCUT2D eigenvalue weighted by Gasteiger charge is 2.45. The van der Waals surface area contributed by atoms with Gasteiger partial charge in [0.05, 0.1) is 36.3 Å². The number of likely N-dealkylation sites (tertiary alicyclic amines) is 1. The van der Waals surface area contributed by atoms with Crippen LogP contribution in [0.1, 0.15) is 58.4 Å². The molecule has 58 heavy (non-hydrogen) atoms. The van der Waals surface area contributed by atoms with Crippen molar-refractivity contribution in [2.24, 2.45) is 13.0 Å². The van der Waals surface area contributed by atoms with Crippen molar-refractivity contribution < 1.29 is 28.7 Å². The van der Waals surface area contributed by atoms with Gasteiger partial charge < -0.3 is 24.3 Å². The summed E-state index contributed by atoms with van der Waals surface area (Å²) in [5.74, 6) is 0.797. The van der Waals surface area contributed by atoms with Crippen molar-refractivity contribution in [1.82, 2.24) is 29.6 Å². The minimum Gasteiger partial charge on any atom is -0.496 e. The molecule has 0 bridgehead atoms. The first-order valence-electron chi connectivity index (χ1n) is 20.0. The van der Waals surface area contributed by atoms with Crippen molar-refractivity contribution in [3.05, 3.63) is 75.8 Å². The maximum atomic E-state index is 13.3. The number of hydrogen-bond donors (Lipinski definition) is 2. The second-order valence-corrected chi connectivity index (χ2v) is 15.7. The Hall–Kier alpha value is -5.80. The van der Waals surface area contributed by atoms with Crippen LogP contribution < -0.4 is 30.6 Å². The number of rotatable bonds is 11. The lowest BCUT2D eigenvalue weighted by Crippen LogP contribution is -2.54. The minimum atomic E-state index is -0.970. The van der Waals surface area contributed by atoms with Gasteiger partial charge in [-0.05, 0) is 93.2 Å². The number of carbonyl (C=O) groups is 4. The first-order chi connectivity index (χ1) is 28.1. The number of pyridine rings is 2. The number of nitrogens with one attached hydrogen (secondary N) is 2. The number of anilines is 2. The zero-order valence-electron chi connectivity index (χ0n) is 33.5. The summed E-state index contributed by atoms with van der Waals surface area (Å²) in [5.41, 5.74) is 4.17. The van der Waals surface area contributed by atoms with Gasteiger partial charge in [0.15, 0.2) is 0 Å². The molecular weight excluding hydrogens is 741 g/mol. The summed E-state index contributed by atoms with van der Waals surface area (Å²) >= 11 is 0. The number of imide groups is 2. The predicted octanol–water partition coefficient (Wildman–Crippen LogP) is 3.48. The molecule has 0 saturated carbocycles. The number of benzene rings is 2. The van der Waals surface area contributed by atoms with Gasteiger partial charge in [-0.1, -0.05) is 0 Å². The highest BCUT2D eigenvalue weighted by molar-refractivity contribution is 6.23. The van der Waals surface area contributed by atoms with Crippen molar-refractivity contribution in [3.63, 3.8) is 0 Å². The molecule has 3 fully saturated rings. The van der Waals surface area contributed by atoms with E-state index < -0.39 is 23.8 Å². The fourth-order valence-electron chi connectivity index (χ4n) is 8.93. The van der Waals surface area contributed by atoms with E-state index in [1.54, 1.807) is 57.3 Å². The zero-order chi connectivity index (χ0) is 40.7. The molecule has 1 atom stereocenters. The lowest BCUT2D eigenvalue weighted by atomic mass is 9.92. The lowest BCUT2D eigenvalue weighted by molar-refractivity contribution is -0.136. The van der Waals surface area contributed by atoms with Crippen LogP contribution in [0.25, 0.3) is 21.9 Å². The maximum Gasteiger partial charge on any atom is 0.262 e. The van der Waals surface area contributed by atoms with Crippen LogP contribution in [0.3, 0.4) is 0 Å². The number of piperazine rings is 1. The van der Waals surface area contributed by atoms with E-state index in [2.05, 4.69) is 30.3 Å². The number of methoxy groups -OCH3 is 2. The molecule has 4 amide bonds. The smallest absolute Gasteiger partial charge is 0.262 e. The molecular formula is C43H50N8O7. The van der Waals surface area contributed by atoms with E-state index in [4.69, 9.17) is 9.47 Å². The molecule has 4 aliphatic heterocycles. The summed E-state index contributed by atoms with van der Waals surface area (Å²) in [6.07, 6.45) is 7.18. The number of aromatic nitrogens is 2. The number of ether oxygens (including phenoxy) is 2. The third kappa shape index (κ3) is 7.39. The van der Waals surface area contributed by atoms with Gasteiger partial charge in [-0.3, -0.25) is 44.0 Å². The summed E-state index contributed by atoms with van der Waals surface area (Å²) in [4.78, 5) is 76.3. The van der Waals surface area contributed by atoms with Crippen molar-refractivity contribution in [2.45, 2.75) is 44.7 Å². The Balaban J connectivity index is 0.842. The average Bonchev–Trinajstić information content (AvgIpc) is 3.49. The second-order valence-electron chi connectivity index (χ2n) is 15.7. The van der Waals surface area contributed by atoms with Crippen LogP contribution in [0.4, 0.5) is 11.5 Å². The molecule has 0 spiro atoms. The van der Waals surface area contributed by atoms with E-state index in [1.165, 1.54) is 0 Å². The second kappa shape index (κ2) is 16.2. The lowest BCUT2D eigenvalue weighted by Gasteiger charge is -2.38. The number of fused-ring (bicyclic) bond motifs is 2. The van der Waals surface area contributed by atoms with Crippen molar-refractivity contribution in [2.75, 3.05) is 77.3 Å². The van der Waals surface area contributed by atoms with E-state index in [-0.39, 0.29) is 24.3 Å². The Morgan fingerprint density at radius 2 is 1.52 bits per heavy atom. The molecule has 8 rings (SSSR count). The Labute approximate surface area is 336 Å². The number of hydrogen-bond acceptors (Lipinski definition) is 12. The number of piperidine rings is 2. The molecule has 2 N–H and O–H groups in total. The Bertz CT molecular complexity index is 2320. The van der Waals surface area contributed by atoms with E-state index in [0.29, 0.717) is 34.8 Å². The fraction of sp³-hybridized carbons (Fsp3) is 0.442. The SMILES string of the molecule is CNc1cc2c(=O)n(C)cc(-c3cc(OC)c(CN4CCC(CCN5CCN(c6ccc7c(c6)C(=O)N(C6CCC(=O)NC6=O)C7=O)CC5)CC4)c(OC)c3)c2cn1. The summed E-state index contributed by atoms with van der Waals surface area (Å²) in [6, 6.07) is 10.2. The highest BCUT2D eigenvalue weighted by Crippen LogP contribution is 2.39. The zero-order valence-corrected chi connectivity index (χ0v) is 33.5. The van der Waals surface area contributed by atoms with Crippen LogP contribution in [0.2, 0.25) is 0 Å². The molecule has 4 aliphatic rings. The van der Waals surface area contributed by atoms with Gasteiger partial charge in [-0.2, -0.15) is 0 Å². The summed E-state index contributed by atoms with van der Waals surface area (Å²) < 4.78 is 13.5. The summed E-state index contributed by atoms with van der Waals surface area (Å²) in [6.45, 7) is 7.14. The van der Waals surface area contributed by atoms with Gasteiger partial charge in [-0.25, -0.2) is 4.98 Å². The standard InChI is InChI=1S/C43H50N8O7/c1-44-38-22-31-32(23-45-38)33(24-47(2)41(31)54)27-19-36(57-3)34(37(20-27)58-4)25-49-13-10-26(11-14-49)9-12-48-15-17-50(18-16-48)28-5-6-29-30(21-28)43(56)51(42(29)55)35-7-8-39(52)46-40(35)53/h5-6,19-24,26,35H,7-18,25H2,1-4H3,(H,44,45)(H,46,52,53). The topological polar surface area (TPSA) is 159 Å². The molecule has 304 valence electrons. The summed E-state index contributed by atoms with van der Waals surface area (Å²) in [5, 5.41) is 6.62. The van der Waals surface area contributed by atoms with Gasteiger partial charge in [0.2, 0.25) is 11.8 Å². The van der Waals surface area contributed by atoms with Crippen LogP contribution >= 0.6 is 0 Å². The minimum absolute atomic E-state index is 0.0890. The van der Waals surface area contributed by atoms with E-state index in [9.17, 15) is 24.0 Å². The number of nitrogens with zero attached hydrogens (tertiary/aromatic N) is 6. The van der Waals surface area contributed by atoms with Crippen molar-refractivity contribution in [1.29, 1.82) is 0 Å². The van der Waals surface area contributed by atoms with Gasteiger partial charge >= 0.3 is 0 Å². The molecule has 0 radical (unpaired) electrons. The van der Waals surface area contributed by atoms with Gasteiger partial charge in [0.1, 0.15) is 23.4 Å². The highest BCUT2D eigenvalue weighted by atomic mass is 16.5. The number of aryl methyl sites for hydroxylation is 1. The maximum absolute atomic E-state index is 13.3. The molecule has 15 heteroatoms. The molecule has 4 aromatic rings. The predicted molar refractivity (Wildman–Crippen MR) is 219 cm³/mol. The largest absolute Gasteiger partial charge is 0.496 e. The molecule has 15 nitrogen and oxygen atoms in total. The Kier molecular flexibility index (Phi) is 10.9. The van der Waals surface area contributed by atoms with Crippen LogP contribution in [-0.2, 0) is 23.2 Å². The van der Waals surface area contributed by atoms with E-state index in [1.807, 2.05) is 24.4 Å². The normalized spacial score (nSPS) is 19.5. The molecule has 1 unspecified atom stereocenters. The first kappa shape index (κ1) is 39.0. The van der Waals surface area contributed by atoms with E-state index in [0.717, 1.165) is 109 Å². The van der Waals surface area contributed by atoms with Crippen LogP contribution in [0.15, 0.2) is 53.6 Å². The van der Waals surface area contributed by atoms with Gasteiger partial charge in [-0.15, -0.1) is 0 Å². The van der Waals surface area contributed by atoms with E-state index >= 15 is 0 Å². The quantitative estimate of drug-likeness (QED) is 0.214. The van der Waals surface area contributed by atoms with Crippen LogP contribution in [0.5, 0.6) is 11.5 Å². The molecule has 0 aliphatic carbocycles. The number of amides is 4. The molecule has 2 aromatic carbocycles. The number of carbonyl (C=O) groups excluding carboxylic acids is 4. The molecule has 6 heterocycles. The van der Waals surface area contributed by atoms with Gasteiger partial charge in [0, 0.05) is 82.3 Å². The molecule has 3 saturated heterocycles. The average molecular weight is 791 g/mol. The molecule has 2 aromatic heterocycles. The van der Waals surface area contributed by atoms with Crippen molar-refractivity contribution in [3.8, 4) is 22.6 Å². The Morgan fingerprint density at radius 1 is 0.810 bits per heavy atom. The first-order valence-corrected chi connectivity index (χ1v) is 20.0. The third-order valence-electron chi connectivity index (χ3n) is 12.3.